The van der Waals surface area contributed by atoms with E-state index >= 15 is 0 Å². The van der Waals surface area contributed by atoms with E-state index in [9.17, 15) is 9.59 Å². The fraction of sp³-hybridized carbons (Fsp3) is 0.125. The maximum Gasteiger partial charge on any atom is 0.257 e. The Morgan fingerprint density at radius 3 is 2.00 bits per heavy atom. The average molecular weight is 418 g/mol. The highest BCUT2D eigenvalue weighted by atomic mass is 32.1. The van der Waals surface area contributed by atoms with E-state index in [0.29, 0.717) is 16.9 Å². The average Bonchev–Trinajstić information content (AvgIpc) is 2.74. The zero-order valence-corrected chi connectivity index (χ0v) is 17.6. The van der Waals surface area contributed by atoms with Gasteiger partial charge in [-0.25, -0.2) is 0 Å². The van der Waals surface area contributed by atoms with Gasteiger partial charge >= 0.3 is 0 Å². The van der Waals surface area contributed by atoms with Crippen LogP contribution in [0.4, 0.5) is 11.4 Å². The van der Waals surface area contributed by atoms with Crippen LogP contribution in [0.1, 0.15) is 24.2 Å². The van der Waals surface area contributed by atoms with Crippen LogP contribution in [0.2, 0.25) is 0 Å². The number of nitrogens with one attached hydrogen (secondary N) is 3. The van der Waals surface area contributed by atoms with Gasteiger partial charge in [-0.2, -0.15) is 0 Å². The van der Waals surface area contributed by atoms with Gasteiger partial charge in [0.15, 0.2) is 5.11 Å². The number of hydrogen-bond acceptors (Lipinski definition) is 3. The molecule has 0 atom stereocenters. The summed E-state index contributed by atoms with van der Waals surface area (Å²) in [5, 5.41) is 8.66. The molecule has 5 nitrogen and oxygen atoms in total. The van der Waals surface area contributed by atoms with E-state index in [1.165, 1.54) is 0 Å². The Labute approximate surface area is 181 Å². The summed E-state index contributed by atoms with van der Waals surface area (Å²) >= 11 is 5.26. The molecular formula is C24H23N3O2S. The van der Waals surface area contributed by atoms with Crippen LogP contribution in [-0.2, 0) is 4.79 Å². The monoisotopic (exact) mass is 417 g/mol. The molecule has 0 heterocycles. The molecule has 2 amide bonds. The number of rotatable bonds is 5. The molecule has 0 aromatic heterocycles. The molecule has 0 spiro atoms. The quantitative estimate of drug-likeness (QED) is 0.507. The molecule has 3 aromatic rings. The highest BCUT2D eigenvalue weighted by Crippen LogP contribution is 2.19. The molecule has 152 valence electrons. The predicted octanol–water partition coefficient (Wildman–Crippen LogP) is 5.07. The third-order valence-electron chi connectivity index (χ3n) is 4.39. The lowest BCUT2D eigenvalue weighted by Crippen LogP contribution is -2.34. The van der Waals surface area contributed by atoms with E-state index in [2.05, 4.69) is 16.0 Å². The van der Waals surface area contributed by atoms with E-state index in [1.807, 2.05) is 56.3 Å². The SMILES string of the molecule is CC(C)C(=O)Nc1cccc(NC(=S)NC(=O)c2ccc(-c3ccccc3)cc2)c1. The van der Waals surface area contributed by atoms with E-state index < -0.39 is 0 Å². The first-order chi connectivity index (χ1) is 14.4. The smallest absolute Gasteiger partial charge is 0.257 e. The first-order valence-corrected chi connectivity index (χ1v) is 10.0. The van der Waals surface area contributed by atoms with Crippen LogP contribution < -0.4 is 16.0 Å². The first-order valence-electron chi connectivity index (χ1n) is 9.61. The Bertz CT molecular complexity index is 1050. The minimum absolute atomic E-state index is 0.0676. The second-order valence-electron chi connectivity index (χ2n) is 7.08. The molecule has 30 heavy (non-hydrogen) atoms. The van der Waals surface area contributed by atoms with Crippen molar-refractivity contribution in [2.45, 2.75) is 13.8 Å². The van der Waals surface area contributed by atoms with Crippen LogP contribution in [0, 0.1) is 5.92 Å². The third-order valence-corrected chi connectivity index (χ3v) is 4.60. The summed E-state index contributed by atoms with van der Waals surface area (Å²) in [5.41, 5.74) is 3.96. The van der Waals surface area contributed by atoms with Crippen molar-refractivity contribution in [1.29, 1.82) is 0 Å². The summed E-state index contributed by atoms with van der Waals surface area (Å²) < 4.78 is 0. The standard InChI is InChI=1S/C24H23N3O2S/c1-16(2)22(28)25-20-9-6-10-21(15-20)26-24(30)27-23(29)19-13-11-18(12-14-19)17-7-4-3-5-8-17/h3-16H,1-2H3,(H,25,28)(H2,26,27,29,30). The molecule has 0 unspecified atom stereocenters. The summed E-state index contributed by atoms with van der Waals surface area (Å²) in [6.07, 6.45) is 0. The Hall–Kier alpha value is -3.51. The van der Waals surface area contributed by atoms with Crippen molar-refractivity contribution in [1.82, 2.24) is 5.32 Å². The van der Waals surface area contributed by atoms with Gasteiger partial charge in [0.1, 0.15) is 0 Å². The fourth-order valence-electron chi connectivity index (χ4n) is 2.74. The molecule has 6 heteroatoms. The van der Waals surface area contributed by atoms with Gasteiger partial charge in [-0.1, -0.05) is 62.4 Å². The van der Waals surface area contributed by atoms with Crippen molar-refractivity contribution in [2.24, 2.45) is 5.92 Å². The van der Waals surface area contributed by atoms with Gasteiger partial charge in [0.2, 0.25) is 5.91 Å². The number of anilines is 2. The molecule has 0 saturated heterocycles. The number of carbonyl (C=O) groups excluding carboxylic acids is 2. The number of amides is 2. The fourth-order valence-corrected chi connectivity index (χ4v) is 2.95. The van der Waals surface area contributed by atoms with Crippen molar-refractivity contribution < 1.29 is 9.59 Å². The minimum Gasteiger partial charge on any atom is -0.332 e. The van der Waals surface area contributed by atoms with Gasteiger partial charge in [-0.05, 0) is 53.7 Å². The number of benzene rings is 3. The molecule has 0 aliphatic heterocycles. The second kappa shape index (κ2) is 9.80. The molecule has 0 bridgehead atoms. The Morgan fingerprint density at radius 1 is 0.767 bits per heavy atom. The van der Waals surface area contributed by atoms with Gasteiger partial charge < -0.3 is 10.6 Å². The van der Waals surface area contributed by atoms with Crippen molar-refractivity contribution in [3.05, 3.63) is 84.4 Å². The number of hydrogen-bond donors (Lipinski definition) is 3. The third kappa shape index (κ3) is 5.75. The van der Waals surface area contributed by atoms with Crippen molar-refractivity contribution >= 4 is 40.5 Å². The lowest BCUT2D eigenvalue weighted by atomic mass is 10.0. The lowest BCUT2D eigenvalue weighted by molar-refractivity contribution is -0.118. The highest BCUT2D eigenvalue weighted by Gasteiger charge is 2.10. The molecular weight excluding hydrogens is 394 g/mol. The summed E-state index contributed by atoms with van der Waals surface area (Å²) in [7, 11) is 0. The van der Waals surface area contributed by atoms with Crippen LogP contribution in [0.3, 0.4) is 0 Å². The predicted molar refractivity (Wildman–Crippen MR) is 125 cm³/mol. The number of thiocarbonyl (C=S) groups is 1. The first kappa shape index (κ1) is 21.2. The Kier molecular flexibility index (Phi) is 6.93. The zero-order valence-electron chi connectivity index (χ0n) is 16.8. The van der Waals surface area contributed by atoms with Gasteiger partial charge in [-0.3, -0.25) is 14.9 Å². The molecule has 0 fully saturated rings. The molecule has 3 rings (SSSR count). The minimum atomic E-state index is -0.295. The zero-order chi connectivity index (χ0) is 21.5. The largest absolute Gasteiger partial charge is 0.332 e. The van der Waals surface area contributed by atoms with E-state index in [1.54, 1.807) is 36.4 Å². The normalized spacial score (nSPS) is 10.4. The molecule has 0 saturated carbocycles. The van der Waals surface area contributed by atoms with Gasteiger partial charge in [0.25, 0.3) is 5.91 Å². The molecule has 3 aromatic carbocycles. The summed E-state index contributed by atoms with van der Waals surface area (Å²) in [6.45, 7) is 3.66. The van der Waals surface area contributed by atoms with Crippen molar-refractivity contribution in [2.75, 3.05) is 10.6 Å². The highest BCUT2D eigenvalue weighted by molar-refractivity contribution is 7.80. The van der Waals surface area contributed by atoms with E-state index in [-0.39, 0.29) is 22.8 Å². The molecule has 3 N–H and O–H groups in total. The maximum atomic E-state index is 12.5. The van der Waals surface area contributed by atoms with Gasteiger partial charge in [-0.15, -0.1) is 0 Å². The summed E-state index contributed by atoms with van der Waals surface area (Å²) in [5.74, 6) is -0.478. The van der Waals surface area contributed by atoms with Crippen molar-refractivity contribution in [3.63, 3.8) is 0 Å². The Balaban J connectivity index is 1.59. The molecule has 0 radical (unpaired) electrons. The second-order valence-corrected chi connectivity index (χ2v) is 7.48. The van der Waals surface area contributed by atoms with Crippen molar-refractivity contribution in [3.8, 4) is 11.1 Å². The van der Waals surface area contributed by atoms with Crippen LogP contribution >= 0.6 is 12.2 Å². The van der Waals surface area contributed by atoms with Gasteiger partial charge in [0.05, 0.1) is 0 Å². The van der Waals surface area contributed by atoms with Crippen LogP contribution in [-0.4, -0.2) is 16.9 Å². The molecule has 0 aliphatic rings. The number of carbonyl (C=O) groups is 2. The Morgan fingerprint density at radius 2 is 1.37 bits per heavy atom. The topological polar surface area (TPSA) is 70.2 Å². The van der Waals surface area contributed by atoms with E-state index in [4.69, 9.17) is 12.2 Å². The lowest BCUT2D eigenvalue weighted by Gasteiger charge is -2.12. The van der Waals surface area contributed by atoms with Crippen LogP contribution in [0.25, 0.3) is 11.1 Å². The maximum absolute atomic E-state index is 12.5. The van der Waals surface area contributed by atoms with Crippen LogP contribution in [0.15, 0.2) is 78.9 Å². The van der Waals surface area contributed by atoms with E-state index in [0.717, 1.165) is 11.1 Å². The van der Waals surface area contributed by atoms with Crippen LogP contribution in [0.5, 0.6) is 0 Å². The summed E-state index contributed by atoms with van der Waals surface area (Å²) in [4.78, 5) is 24.3. The van der Waals surface area contributed by atoms with Gasteiger partial charge in [0, 0.05) is 22.9 Å². The molecule has 0 aliphatic carbocycles. The summed E-state index contributed by atoms with van der Waals surface area (Å²) in [6, 6.07) is 24.4.